The maximum absolute atomic E-state index is 15.6. The molecule has 0 radical (unpaired) electrons. The Balaban J connectivity index is 0.00000151. The van der Waals surface area contributed by atoms with Gasteiger partial charge in [-0.25, -0.2) is 9.97 Å². The van der Waals surface area contributed by atoms with E-state index < -0.39 is 41.8 Å². The third kappa shape index (κ3) is 7.38. The van der Waals surface area contributed by atoms with E-state index in [1.165, 1.54) is 6.20 Å². The van der Waals surface area contributed by atoms with Crippen LogP contribution in [0.4, 0.5) is 23.4 Å². The molecule has 0 bridgehead atoms. The number of aromatic amines is 1. The molecule has 5 heterocycles. The maximum atomic E-state index is 15.6. The molecule has 49 heavy (non-hydrogen) atoms. The molecular formula is C34H38ClF4N5O5. The number of rotatable bonds is 9. The molecule has 1 aromatic carbocycles. The van der Waals surface area contributed by atoms with Crippen LogP contribution >= 0.6 is 11.6 Å². The molecule has 4 aromatic rings. The topological polar surface area (TPSA) is 133 Å². The largest absolute Gasteiger partial charge is 0.483 e. The Morgan fingerprint density at radius 2 is 1.82 bits per heavy atom. The fraction of sp³-hybridized carbons (Fsp3) is 0.500. The van der Waals surface area contributed by atoms with Crippen molar-refractivity contribution in [2.45, 2.75) is 76.1 Å². The Hall–Kier alpha value is -4.20. The molecule has 0 spiro atoms. The van der Waals surface area contributed by atoms with Gasteiger partial charge < -0.3 is 24.3 Å². The van der Waals surface area contributed by atoms with Crippen LogP contribution in [0.25, 0.3) is 22.1 Å². The van der Waals surface area contributed by atoms with Crippen molar-refractivity contribution in [3.63, 3.8) is 0 Å². The van der Waals surface area contributed by atoms with Crippen molar-refractivity contribution in [3.05, 3.63) is 63.3 Å². The van der Waals surface area contributed by atoms with Gasteiger partial charge in [0.2, 0.25) is 5.82 Å². The number of anilines is 1. The van der Waals surface area contributed by atoms with Crippen molar-refractivity contribution in [1.82, 2.24) is 19.9 Å². The number of likely N-dealkylation sites (tertiary alicyclic amines) is 1. The minimum absolute atomic E-state index is 0.0246. The minimum atomic E-state index is -3.72. The molecular weight excluding hydrogens is 670 g/mol. The Kier molecular flexibility index (Phi) is 10.6. The molecule has 2 N–H and O–H groups in total. The molecule has 2 atom stereocenters. The Labute approximate surface area is 284 Å². The number of nitrogens with one attached hydrogen (secondary N) is 1. The van der Waals surface area contributed by atoms with E-state index in [0.717, 1.165) is 17.7 Å². The van der Waals surface area contributed by atoms with Gasteiger partial charge in [0.15, 0.2) is 11.4 Å². The summed E-state index contributed by atoms with van der Waals surface area (Å²) in [5.41, 5.74) is 0.642. The lowest BCUT2D eigenvalue weighted by molar-refractivity contribution is -0.161. The van der Waals surface area contributed by atoms with E-state index in [1.807, 2.05) is 11.8 Å². The van der Waals surface area contributed by atoms with Crippen LogP contribution in [0.1, 0.15) is 70.2 Å². The monoisotopic (exact) mass is 707 g/mol. The third-order valence-corrected chi connectivity index (χ3v) is 9.95. The highest BCUT2D eigenvalue weighted by Crippen LogP contribution is 2.41. The number of hydrogen-bond acceptors (Lipinski definition) is 7. The molecule has 0 saturated carbocycles. The van der Waals surface area contributed by atoms with E-state index in [0.29, 0.717) is 58.0 Å². The number of para-hydroxylation sites is 1. The highest BCUT2D eigenvalue weighted by atomic mass is 35.5. The fourth-order valence-electron chi connectivity index (χ4n) is 6.73. The molecule has 3 aromatic heterocycles. The number of halogens is 5. The number of nitrogens with zero attached hydrogens (tertiary/aromatic N) is 4. The summed E-state index contributed by atoms with van der Waals surface area (Å²) in [4.78, 5) is 47.9. The van der Waals surface area contributed by atoms with Crippen LogP contribution in [-0.2, 0) is 20.9 Å². The molecule has 264 valence electrons. The Morgan fingerprint density at radius 3 is 2.51 bits per heavy atom. The number of aromatic nitrogens is 3. The van der Waals surface area contributed by atoms with E-state index in [1.54, 1.807) is 37.3 Å². The molecule has 2 unspecified atom stereocenters. The number of alkyl halides is 4. The van der Waals surface area contributed by atoms with Crippen LogP contribution in [0.3, 0.4) is 0 Å². The van der Waals surface area contributed by atoms with Crippen molar-refractivity contribution in [2.24, 2.45) is 5.92 Å². The first kappa shape index (κ1) is 36.1. The van der Waals surface area contributed by atoms with Crippen molar-refractivity contribution in [3.8, 4) is 0 Å². The smallest absolute Gasteiger partial charge is 0.324 e. The molecule has 0 aliphatic carbocycles. The SMILES string of the molecule is CC1CN(C(=O)C(F)(F)CCCCC(F)(F)c2nc(N3CCCC3)c3oc4ccccc4c3n2)CCC1(C)c1cc(Cl)c[nH]c1=O.O=CO. The van der Waals surface area contributed by atoms with Gasteiger partial charge in [0.1, 0.15) is 11.1 Å². The normalized spacial score (nSPS) is 20.0. The lowest BCUT2D eigenvalue weighted by Crippen LogP contribution is -2.54. The van der Waals surface area contributed by atoms with Gasteiger partial charge in [-0.05, 0) is 56.2 Å². The van der Waals surface area contributed by atoms with Gasteiger partial charge in [-0.15, -0.1) is 0 Å². The number of carboxylic acid groups (broad SMARTS) is 1. The number of carbonyl (C=O) groups excluding carboxylic acids is 1. The molecule has 10 nitrogen and oxygen atoms in total. The van der Waals surface area contributed by atoms with E-state index in [2.05, 4.69) is 15.0 Å². The van der Waals surface area contributed by atoms with Crippen LogP contribution < -0.4 is 10.5 Å². The molecule has 2 saturated heterocycles. The number of unbranched alkanes of at least 4 members (excludes halogenated alkanes) is 1. The Bertz CT molecular complexity index is 1880. The second kappa shape index (κ2) is 14.3. The summed E-state index contributed by atoms with van der Waals surface area (Å²) in [6, 6.07) is 8.64. The summed E-state index contributed by atoms with van der Waals surface area (Å²) in [5.74, 6) is -9.19. The molecule has 2 fully saturated rings. The first-order valence-electron chi connectivity index (χ1n) is 16.2. The third-order valence-electron chi connectivity index (χ3n) is 9.73. The lowest BCUT2D eigenvalue weighted by atomic mass is 9.68. The number of piperidine rings is 1. The minimum Gasteiger partial charge on any atom is -0.483 e. The van der Waals surface area contributed by atoms with Crippen LogP contribution in [0.2, 0.25) is 5.02 Å². The number of H-pyrrole nitrogens is 1. The second-order valence-electron chi connectivity index (χ2n) is 12.9. The summed E-state index contributed by atoms with van der Waals surface area (Å²) in [5, 5.41) is 7.84. The predicted octanol–water partition coefficient (Wildman–Crippen LogP) is 7.13. The number of furan rings is 1. The van der Waals surface area contributed by atoms with Crippen LogP contribution in [0, 0.1) is 5.92 Å². The van der Waals surface area contributed by atoms with Crippen LogP contribution in [-0.4, -0.2) is 69.4 Å². The van der Waals surface area contributed by atoms with E-state index in [4.69, 9.17) is 25.9 Å². The number of fused-ring (bicyclic) bond motifs is 3. The standard InChI is InChI=1S/C33H36ClF4N5O3.CH2O2/c1-20-19-43(16-13-31(20,2)23-17-21(34)18-39-28(23)44)30(45)33(37,38)12-6-5-11-32(35,36)29-40-25-22-9-3-4-10-24(22)46-26(25)27(41-29)42-14-7-8-15-42;2-1-3/h3-4,9-10,17-18,20H,5-8,11-16,19H2,1-2H3,(H,39,44);1H,(H,2,3). The average Bonchev–Trinajstić information content (AvgIpc) is 3.74. The number of amides is 1. The average molecular weight is 708 g/mol. The summed E-state index contributed by atoms with van der Waals surface area (Å²) in [6.45, 7) is 4.79. The van der Waals surface area contributed by atoms with E-state index >= 15 is 17.6 Å². The molecule has 1 amide bonds. The van der Waals surface area contributed by atoms with Gasteiger partial charge in [-0.2, -0.15) is 17.6 Å². The molecule has 15 heteroatoms. The summed E-state index contributed by atoms with van der Waals surface area (Å²) in [7, 11) is 0. The van der Waals surface area contributed by atoms with Gasteiger partial charge in [0, 0.05) is 61.6 Å². The Morgan fingerprint density at radius 1 is 1.14 bits per heavy atom. The highest BCUT2D eigenvalue weighted by molar-refractivity contribution is 6.30. The van der Waals surface area contributed by atoms with Crippen LogP contribution in [0.5, 0.6) is 0 Å². The van der Waals surface area contributed by atoms with Gasteiger partial charge in [-0.3, -0.25) is 14.4 Å². The van der Waals surface area contributed by atoms with Gasteiger partial charge >= 0.3 is 11.8 Å². The van der Waals surface area contributed by atoms with Crippen LogP contribution in [0.15, 0.2) is 45.7 Å². The number of hydrogen-bond donors (Lipinski definition) is 2. The van der Waals surface area contributed by atoms with Gasteiger partial charge in [0.05, 0.1) is 5.02 Å². The number of pyridine rings is 1. The van der Waals surface area contributed by atoms with Crippen molar-refractivity contribution >= 4 is 51.9 Å². The van der Waals surface area contributed by atoms with Crippen molar-refractivity contribution in [2.75, 3.05) is 31.1 Å². The molecule has 2 aliphatic rings. The van der Waals surface area contributed by atoms with Crippen molar-refractivity contribution < 1.29 is 36.7 Å². The maximum Gasteiger partial charge on any atom is 0.324 e. The quantitative estimate of drug-likeness (QED) is 0.107. The van der Waals surface area contributed by atoms with Crippen molar-refractivity contribution in [1.29, 1.82) is 0 Å². The van der Waals surface area contributed by atoms with E-state index in [-0.39, 0.29) is 43.9 Å². The summed E-state index contributed by atoms with van der Waals surface area (Å²) < 4.78 is 67.4. The van der Waals surface area contributed by atoms with Gasteiger partial charge in [0.25, 0.3) is 17.9 Å². The summed E-state index contributed by atoms with van der Waals surface area (Å²) >= 11 is 6.09. The fourth-order valence-corrected chi connectivity index (χ4v) is 6.89. The zero-order valence-electron chi connectivity index (χ0n) is 27.2. The number of carbonyl (C=O) groups is 2. The molecule has 6 rings (SSSR count). The molecule has 2 aliphatic heterocycles. The second-order valence-corrected chi connectivity index (χ2v) is 13.4. The predicted molar refractivity (Wildman–Crippen MR) is 177 cm³/mol. The zero-order chi connectivity index (χ0) is 35.6. The van der Waals surface area contributed by atoms with Gasteiger partial charge in [-0.1, -0.05) is 37.6 Å². The van der Waals surface area contributed by atoms with E-state index in [9.17, 15) is 9.59 Å². The lowest BCUT2D eigenvalue weighted by Gasteiger charge is -2.45. The first-order chi connectivity index (χ1) is 23.2. The first-order valence-corrected chi connectivity index (χ1v) is 16.6. The zero-order valence-corrected chi connectivity index (χ0v) is 27.9. The highest BCUT2D eigenvalue weighted by Gasteiger charge is 2.47. The number of benzene rings is 1. The summed E-state index contributed by atoms with van der Waals surface area (Å²) in [6.07, 6.45) is 1.34.